The lowest BCUT2D eigenvalue weighted by Gasteiger charge is -2.30. The molecule has 4 aliphatic rings. The Morgan fingerprint density at radius 1 is 1.06 bits per heavy atom. The number of benzene rings is 1. The summed E-state index contributed by atoms with van der Waals surface area (Å²) >= 11 is 0. The minimum absolute atomic E-state index is 0.0174. The molecular formula is C33H41F3N4O8. The summed E-state index contributed by atoms with van der Waals surface area (Å²) in [5.74, 6) is -2.99. The normalized spacial score (nSPS) is 27.9. The minimum atomic E-state index is -4.54. The van der Waals surface area contributed by atoms with Gasteiger partial charge in [0.15, 0.2) is 0 Å². The van der Waals surface area contributed by atoms with Gasteiger partial charge in [0.05, 0.1) is 12.1 Å². The number of halogens is 3. The van der Waals surface area contributed by atoms with Crippen LogP contribution in [-0.2, 0) is 43.1 Å². The highest BCUT2D eigenvalue weighted by Gasteiger charge is 2.61. The number of rotatable bonds is 3. The van der Waals surface area contributed by atoms with Gasteiger partial charge in [0.1, 0.15) is 29.3 Å². The van der Waals surface area contributed by atoms with E-state index in [1.807, 2.05) is 6.08 Å². The molecule has 0 spiro atoms. The number of nitrogens with one attached hydrogen (secondary N) is 2. The Kier molecular flexibility index (Phi) is 9.71. The highest BCUT2D eigenvalue weighted by Crippen LogP contribution is 2.45. The fourth-order valence-corrected chi connectivity index (χ4v) is 6.51. The number of carboxylic acids is 1. The van der Waals surface area contributed by atoms with E-state index in [1.165, 1.54) is 15.9 Å². The SMILES string of the molecule is CC(C)(C)OC(=O)N[C@H]1CCCCCC=C[C@@H]2C[C@@]2(C(=O)O)NC(=O)[C@@H]2C[C@@H](OC(=O)N3Cc4ccc(C(F)(F)F)cc4C3)CN2C1=O. The summed E-state index contributed by atoms with van der Waals surface area (Å²) in [5, 5.41) is 15.3. The molecule has 0 unspecified atom stereocenters. The zero-order valence-electron chi connectivity index (χ0n) is 27.1. The first kappa shape index (κ1) is 35.0. The Hall–Kier alpha value is -4.30. The largest absolute Gasteiger partial charge is 0.479 e. The van der Waals surface area contributed by atoms with Gasteiger partial charge in [-0.3, -0.25) is 14.5 Å². The van der Waals surface area contributed by atoms with Crippen molar-refractivity contribution in [2.24, 2.45) is 5.92 Å². The van der Waals surface area contributed by atoms with Crippen molar-refractivity contribution in [3.8, 4) is 0 Å². The van der Waals surface area contributed by atoms with Gasteiger partial charge in [-0.2, -0.15) is 13.2 Å². The number of fused-ring (bicyclic) bond motifs is 3. The fraction of sp³-hybridized carbons (Fsp3) is 0.606. The summed E-state index contributed by atoms with van der Waals surface area (Å²) in [6, 6.07) is 0.954. The van der Waals surface area contributed by atoms with Crippen LogP contribution in [0.3, 0.4) is 0 Å². The van der Waals surface area contributed by atoms with E-state index >= 15 is 0 Å². The lowest BCUT2D eigenvalue weighted by molar-refractivity contribution is -0.145. The van der Waals surface area contributed by atoms with E-state index in [9.17, 15) is 42.3 Å². The highest BCUT2D eigenvalue weighted by molar-refractivity contribution is 5.96. The molecule has 1 saturated heterocycles. The Morgan fingerprint density at radius 2 is 1.79 bits per heavy atom. The van der Waals surface area contributed by atoms with E-state index in [2.05, 4.69) is 10.6 Å². The minimum Gasteiger partial charge on any atom is -0.479 e. The molecule has 1 aliphatic carbocycles. The number of aliphatic carboxylic acids is 1. The maximum atomic E-state index is 14.1. The van der Waals surface area contributed by atoms with Crippen LogP contribution in [0.15, 0.2) is 30.4 Å². The third-order valence-corrected chi connectivity index (χ3v) is 9.09. The predicted octanol–water partition coefficient (Wildman–Crippen LogP) is 4.50. The van der Waals surface area contributed by atoms with Crippen LogP contribution >= 0.6 is 0 Å². The van der Waals surface area contributed by atoms with Crippen molar-refractivity contribution in [2.75, 3.05) is 6.54 Å². The second kappa shape index (κ2) is 13.3. The van der Waals surface area contributed by atoms with Gasteiger partial charge >= 0.3 is 24.3 Å². The van der Waals surface area contributed by atoms with Crippen LogP contribution in [0.2, 0.25) is 0 Å². The third kappa shape index (κ3) is 7.87. The second-order valence-corrected chi connectivity index (χ2v) is 13.9. The summed E-state index contributed by atoms with van der Waals surface area (Å²) in [7, 11) is 0. The topological polar surface area (TPSA) is 155 Å². The molecule has 12 nitrogen and oxygen atoms in total. The highest BCUT2D eigenvalue weighted by atomic mass is 19.4. The number of hydrogen-bond acceptors (Lipinski definition) is 7. The van der Waals surface area contributed by atoms with Crippen LogP contribution in [0.4, 0.5) is 22.8 Å². The number of hydrogen-bond donors (Lipinski definition) is 3. The summed E-state index contributed by atoms with van der Waals surface area (Å²) in [5.41, 5.74) is -2.34. The van der Waals surface area contributed by atoms with Crippen LogP contribution in [-0.4, -0.2) is 80.7 Å². The average molecular weight is 679 g/mol. The summed E-state index contributed by atoms with van der Waals surface area (Å²) in [6.45, 7) is 4.71. The van der Waals surface area contributed by atoms with Gasteiger partial charge in [-0.15, -0.1) is 0 Å². The average Bonchev–Trinajstić information content (AvgIpc) is 3.30. The van der Waals surface area contributed by atoms with Gasteiger partial charge in [0.25, 0.3) is 0 Å². The number of alkyl carbamates (subject to hydrolysis) is 1. The molecule has 1 saturated carbocycles. The molecule has 1 aromatic rings. The first-order valence-electron chi connectivity index (χ1n) is 16.1. The molecule has 5 rings (SSSR count). The number of carbonyl (C=O) groups is 5. The van der Waals surface area contributed by atoms with E-state index in [-0.39, 0.29) is 38.9 Å². The van der Waals surface area contributed by atoms with Crippen molar-refractivity contribution >= 4 is 30.0 Å². The van der Waals surface area contributed by atoms with Gasteiger partial charge in [-0.05, 0) is 69.7 Å². The molecule has 3 N–H and O–H groups in total. The Balaban J connectivity index is 1.36. The smallest absolute Gasteiger partial charge is 0.416 e. The Labute approximate surface area is 276 Å². The first-order chi connectivity index (χ1) is 22.5. The molecule has 1 aromatic carbocycles. The number of allylic oxidation sites excluding steroid dienone is 1. The number of carboxylic acid groups (broad SMARTS) is 1. The lowest BCUT2D eigenvalue weighted by Crippen LogP contribution is -2.56. The zero-order chi connectivity index (χ0) is 35.0. The van der Waals surface area contributed by atoms with Gasteiger partial charge in [-0.25, -0.2) is 14.4 Å². The summed E-state index contributed by atoms with van der Waals surface area (Å²) in [6.07, 6.45) is -0.507. The molecule has 5 atom stereocenters. The molecule has 4 amide bonds. The number of nitrogens with zero attached hydrogens (tertiary/aromatic N) is 2. The predicted molar refractivity (Wildman–Crippen MR) is 163 cm³/mol. The Bertz CT molecular complexity index is 1490. The fourth-order valence-electron chi connectivity index (χ4n) is 6.51. The number of amides is 4. The standard InChI is InChI=1S/C33H41F3N4O8/c1-31(2,3)48-29(45)37-24-10-8-6-4-5-7-9-22-15-32(22,28(43)44)38-26(41)25-14-23(18-40(25)27(24)42)47-30(46)39-16-19-11-12-21(33(34,35)36)13-20(19)17-39/h7,9,11-13,22-25H,4-6,8,10,14-18H2,1-3H3,(H,37,45)(H,38,41)(H,43,44)/t22-,23-,24+,25+,32-/m1/s1. The van der Waals surface area contributed by atoms with E-state index in [0.717, 1.165) is 25.0 Å². The van der Waals surface area contributed by atoms with Crippen LogP contribution in [0.25, 0.3) is 0 Å². The van der Waals surface area contributed by atoms with Crippen molar-refractivity contribution < 1.29 is 51.7 Å². The molecule has 3 heterocycles. The number of carbonyl (C=O) groups excluding carboxylic acids is 4. The quantitative estimate of drug-likeness (QED) is 0.395. The van der Waals surface area contributed by atoms with Gasteiger partial charge < -0.3 is 30.1 Å². The van der Waals surface area contributed by atoms with E-state index in [0.29, 0.717) is 24.0 Å². The molecular weight excluding hydrogens is 637 g/mol. The lowest BCUT2D eigenvalue weighted by atomic mass is 10.0. The molecule has 0 aromatic heterocycles. The van der Waals surface area contributed by atoms with E-state index in [4.69, 9.17) is 9.47 Å². The van der Waals surface area contributed by atoms with Crippen LogP contribution < -0.4 is 10.6 Å². The summed E-state index contributed by atoms with van der Waals surface area (Å²) in [4.78, 5) is 68.5. The maximum absolute atomic E-state index is 14.1. The molecule has 48 heavy (non-hydrogen) atoms. The summed E-state index contributed by atoms with van der Waals surface area (Å²) < 4.78 is 50.8. The molecule has 2 fully saturated rings. The van der Waals surface area contributed by atoms with E-state index < -0.39 is 77.0 Å². The van der Waals surface area contributed by atoms with Crippen molar-refractivity contribution in [1.29, 1.82) is 0 Å². The monoisotopic (exact) mass is 678 g/mol. The third-order valence-electron chi connectivity index (χ3n) is 9.09. The molecule has 0 bridgehead atoms. The second-order valence-electron chi connectivity index (χ2n) is 13.9. The van der Waals surface area contributed by atoms with Crippen LogP contribution in [0.5, 0.6) is 0 Å². The molecule has 0 radical (unpaired) electrons. The van der Waals surface area contributed by atoms with Crippen LogP contribution in [0, 0.1) is 5.92 Å². The van der Waals surface area contributed by atoms with E-state index in [1.54, 1.807) is 26.8 Å². The maximum Gasteiger partial charge on any atom is 0.416 e. The number of alkyl halides is 3. The first-order valence-corrected chi connectivity index (χ1v) is 16.1. The van der Waals surface area contributed by atoms with Crippen molar-refractivity contribution in [3.05, 3.63) is 47.0 Å². The van der Waals surface area contributed by atoms with Crippen molar-refractivity contribution in [2.45, 2.75) is 114 Å². The molecule has 15 heteroatoms. The Morgan fingerprint density at radius 3 is 2.48 bits per heavy atom. The molecule has 3 aliphatic heterocycles. The van der Waals surface area contributed by atoms with Gasteiger partial charge in [0, 0.05) is 25.4 Å². The molecule has 262 valence electrons. The number of ether oxygens (including phenoxy) is 2. The van der Waals surface area contributed by atoms with Gasteiger partial charge in [0.2, 0.25) is 11.8 Å². The van der Waals surface area contributed by atoms with Crippen LogP contribution in [0.1, 0.15) is 82.4 Å². The van der Waals surface area contributed by atoms with Crippen molar-refractivity contribution in [3.63, 3.8) is 0 Å². The zero-order valence-corrected chi connectivity index (χ0v) is 27.1. The van der Waals surface area contributed by atoms with Crippen molar-refractivity contribution in [1.82, 2.24) is 20.4 Å². The van der Waals surface area contributed by atoms with Gasteiger partial charge in [-0.1, -0.05) is 31.1 Å².